The highest BCUT2D eigenvalue weighted by molar-refractivity contribution is 7.98. The largest absolute Gasteiger partial charge is 0.318 e. The third kappa shape index (κ3) is 2.83. The van der Waals surface area contributed by atoms with Crippen molar-refractivity contribution in [3.8, 4) is 0 Å². The molecule has 100 valence electrons. The van der Waals surface area contributed by atoms with Crippen LogP contribution in [-0.2, 0) is 6.54 Å². The third-order valence-corrected chi connectivity index (χ3v) is 4.45. The molecule has 3 heteroatoms. The molecule has 0 fully saturated rings. The van der Waals surface area contributed by atoms with Crippen molar-refractivity contribution >= 4 is 17.4 Å². The van der Waals surface area contributed by atoms with E-state index < -0.39 is 0 Å². The molecule has 1 aromatic rings. The van der Waals surface area contributed by atoms with Gasteiger partial charge in [0.2, 0.25) is 0 Å². The van der Waals surface area contributed by atoms with Crippen LogP contribution in [0, 0.1) is 0 Å². The van der Waals surface area contributed by atoms with Gasteiger partial charge in [-0.05, 0) is 31.2 Å². The van der Waals surface area contributed by atoms with Crippen molar-refractivity contribution in [1.82, 2.24) is 5.01 Å². The maximum absolute atomic E-state index is 3.60. The summed E-state index contributed by atoms with van der Waals surface area (Å²) in [4.78, 5) is 1.41. The summed E-state index contributed by atoms with van der Waals surface area (Å²) in [6.45, 7) is 5.61. The van der Waals surface area contributed by atoms with Gasteiger partial charge in [-0.1, -0.05) is 32.8 Å². The molecule has 2 nitrogen and oxygen atoms in total. The molecule has 0 bridgehead atoms. The topological polar surface area (TPSA) is 15.3 Å². The van der Waals surface area contributed by atoms with Gasteiger partial charge in [-0.25, -0.2) is 5.01 Å². The molecule has 0 saturated carbocycles. The zero-order valence-electron chi connectivity index (χ0n) is 11.7. The summed E-state index contributed by atoms with van der Waals surface area (Å²) >= 11 is 1.85. The van der Waals surface area contributed by atoms with Crippen LogP contribution >= 0.6 is 11.8 Å². The second-order valence-electron chi connectivity index (χ2n) is 4.96. The third-order valence-electron chi connectivity index (χ3n) is 3.63. The molecule has 1 aromatic carbocycles. The van der Waals surface area contributed by atoms with E-state index in [9.17, 15) is 0 Å². The van der Waals surface area contributed by atoms with Crippen molar-refractivity contribution in [1.29, 1.82) is 0 Å². The molecule has 2 rings (SSSR count). The average molecular weight is 264 g/mol. The zero-order valence-corrected chi connectivity index (χ0v) is 12.5. The SMILES string of the molecule is CCCC(CCC)N1Cc2c(cccc2SC)N1. The van der Waals surface area contributed by atoms with E-state index in [4.69, 9.17) is 0 Å². The molecule has 0 spiro atoms. The maximum Gasteiger partial charge on any atom is 0.0547 e. The summed E-state index contributed by atoms with van der Waals surface area (Å²) in [5, 5.41) is 2.44. The van der Waals surface area contributed by atoms with Crippen molar-refractivity contribution in [2.45, 2.75) is 57.0 Å². The number of hydrogen-bond donors (Lipinski definition) is 1. The molecule has 1 heterocycles. The number of thioether (sulfide) groups is 1. The van der Waals surface area contributed by atoms with Gasteiger partial charge in [0.15, 0.2) is 0 Å². The highest BCUT2D eigenvalue weighted by Crippen LogP contribution is 2.34. The number of fused-ring (bicyclic) bond motifs is 1. The maximum atomic E-state index is 3.60. The molecule has 0 aliphatic carbocycles. The smallest absolute Gasteiger partial charge is 0.0547 e. The predicted octanol–water partition coefficient (Wildman–Crippen LogP) is 4.52. The predicted molar refractivity (Wildman–Crippen MR) is 81.0 cm³/mol. The van der Waals surface area contributed by atoms with Crippen molar-refractivity contribution in [2.24, 2.45) is 0 Å². The first-order valence-corrected chi connectivity index (χ1v) is 8.21. The molecule has 0 saturated heterocycles. The first-order chi connectivity index (χ1) is 8.80. The number of nitrogens with zero attached hydrogens (tertiary/aromatic N) is 1. The van der Waals surface area contributed by atoms with Gasteiger partial charge < -0.3 is 5.43 Å². The Hall–Kier alpha value is -0.670. The van der Waals surface area contributed by atoms with E-state index in [0.717, 1.165) is 6.54 Å². The Morgan fingerprint density at radius 1 is 1.28 bits per heavy atom. The van der Waals surface area contributed by atoms with Crippen LogP contribution < -0.4 is 5.43 Å². The lowest BCUT2D eigenvalue weighted by atomic mass is 10.1. The summed E-state index contributed by atoms with van der Waals surface area (Å²) in [6, 6.07) is 7.24. The summed E-state index contributed by atoms with van der Waals surface area (Å²) in [5.74, 6) is 0. The van der Waals surface area contributed by atoms with Crippen LogP contribution in [0.4, 0.5) is 5.69 Å². The van der Waals surface area contributed by atoms with Gasteiger partial charge in [-0.2, -0.15) is 0 Å². The van der Waals surface area contributed by atoms with Crippen molar-refractivity contribution in [2.75, 3.05) is 11.7 Å². The van der Waals surface area contributed by atoms with E-state index in [0.29, 0.717) is 6.04 Å². The first-order valence-electron chi connectivity index (χ1n) is 6.99. The van der Waals surface area contributed by atoms with Gasteiger partial charge in [0.1, 0.15) is 0 Å². The molecule has 0 amide bonds. The minimum absolute atomic E-state index is 0.669. The average Bonchev–Trinajstić information content (AvgIpc) is 2.82. The molecule has 1 N–H and O–H groups in total. The van der Waals surface area contributed by atoms with E-state index in [-0.39, 0.29) is 0 Å². The lowest BCUT2D eigenvalue weighted by molar-refractivity contribution is 0.218. The van der Waals surface area contributed by atoms with Crippen LogP contribution in [0.15, 0.2) is 23.1 Å². The molecule has 0 atom stereocenters. The Balaban J connectivity index is 2.12. The molecule has 18 heavy (non-hydrogen) atoms. The Labute approximate surface area is 115 Å². The Morgan fingerprint density at radius 2 is 2.00 bits per heavy atom. The van der Waals surface area contributed by atoms with E-state index in [2.05, 4.69) is 48.7 Å². The fourth-order valence-electron chi connectivity index (χ4n) is 2.73. The number of anilines is 1. The van der Waals surface area contributed by atoms with Gasteiger partial charge in [-0.3, -0.25) is 0 Å². The summed E-state index contributed by atoms with van der Waals surface area (Å²) in [6.07, 6.45) is 7.24. The van der Waals surface area contributed by atoms with Crippen LogP contribution in [0.2, 0.25) is 0 Å². The fourth-order valence-corrected chi connectivity index (χ4v) is 3.37. The Morgan fingerprint density at radius 3 is 2.61 bits per heavy atom. The molecule has 0 radical (unpaired) electrons. The molecule has 1 aliphatic rings. The van der Waals surface area contributed by atoms with Crippen molar-refractivity contribution < 1.29 is 0 Å². The minimum Gasteiger partial charge on any atom is -0.318 e. The number of benzene rings is 1. The van der Waals surface area contributed by atoms with Crippen LogP contribution in [0.5, 0.6) is 0 Å². The van der Waals surface area contributed by atoms with Crippen molar-refractivity contribution in [3.05, 3.63) is 23.8 Å². The van der Waals surface area contributed by atoms with Gasteiger partial charge >= 0.3 is 0 Å². The lowest BCUT2D eigenvalue weighted by Gasteiger charge is -2.27. The van der Waals surface area contributed by atoms with E-state index in [1.807, 2.05) is 11.8 Å². The van der Waals surface area contributed by atoms with Crippen LogP contribution in [0.1, 0.15) is 45.1 Å². The highest BCUT2D eigenvalue weighted by Gasteiger charge is 2.25. The van der Waals surface area contributed by atoms with Gasteiger partial charge in [0.25, 0.3) is 0 Å². The lowest BCUT2D eigenvalue weighted by Crippen LogP contribution is -2.35. The van der Waals surface area contributed by atoms with Crippen LogP contribution in [0.3, 0.4) is 0 Å². The van der Waals surface area contributed by atoms with Crippen LogP contribution in [0.25, 0.3) is 0 Å². The second kappa shape index (κ2) is 6.48. The summed E-state index contributed by atoms with van der Waals surface area (Å²) in [7, 11) is 0. The standard InChI is InChI=1S/C15H24N2S/c1-4-7-12(8-5-2)17-11-13-14(16-17)9-6-10-15(13)18-3/h6,9-10,12,16H,4-5,7-8,11H2,1-3H3. The quantitative estimate of drug-likeness (QED) is 0.760. The normalized spacial score (nSPS) is 14.9. The first kappa shape index (κ1) is 13.8. The number of rotatable bonds is 6. The number of hydrazine groups is 1. The monoisotopic (exact) mass is 264 g/mol. The fraction of sp³-hybridized carbons (Fsp3) is 0.600. The minimum atomic E-state index is 0.669. The summed E-state index contributed by atoms with van der Waals surface area (Å²) in [5.41, 5.74) is 6.38. The second-order valence-corrected chi connectivity index (χ2v) is 5.81. The van der Waals surface area contributed by atoms with Gasteiger partial charge in [0.05, 0.1) is 5.69 Å². The zero-order chi connectivity index (χ0) is 13.0. The van der Waals surface area contributed by atoms with Gasteiger partial charge in [-0.15, -0.1) is 11.8 Å². The molecular weight excluding hydrogens is 240 g/mol. The Bertz CT molecular complexity index is 386. The van der Waals surface area contributed by atoms with E-state index in [1.54, 1.807) is 0 Å². The number of nitrogens with one attached hydrogen (secondary N) is 1. The number of hydrogen-bond acceptors (Lipinski definition) is 3. The van der Waals surface area contributed by atoms with Crippen LogP contribution in [-0.4, -0.2) is 17.3 Å². The Kier molecular flexibility index (Phi) is 4.95. The molecular formula is C15H24N2S. The molecule has 0 unspecified atom stereocenters. The highest BCUT2D eigenvalue weighted by atomic mass is 32.2. The molecule has 1 aliphatic heterocycles. The van der Waals surface area contributed by atoms with Gasteiger partial charge in [0, 0.05) is 23.0 Å². The molecule has 0 aromatic heterocycles. The van der Waals surface area contributed by atoms with E-state index in [1.165, 1.54) is 41.8 Å². The van der Waals surface area contributed by atoms with E-state index >= 15 is 0 Å². The summed E-state index contributed by atoms with van der Waals surface area (Å²) < 4.78 is 0. The van der Waals surface area contributed by atoms with Crippen molar-refractivity contribution in [3.63, 3.8) is 0 Å².